The molecule has 128 valence electrons. The first kappa shape index (κ1) is 17.4. The van der Waals surface area contributed by atoms with Gasteiger partial charge in [0.25, 0.3) is 10.0 Å². The molecular weight excluding hydrogens is 414 g/mol. The van der Waals surface area contributed by atoms with Crippen LogP contribution in [0.15, 0.2) is 64.0 Å². The van der Waals surface area contributed by atoms with Crippen LogP contribution in [-0.2, 0) is 19.9 Å². The van der Waals surface area contributed by atoms with E-state index in [1.807, 2.05) is 0 Å². The van der Waals surface area contributed by atoms with Crippen LogP contribution in [0.5, 0.6) is 0 Å². The lowest BCUT2D eigenvalue weighted by atomic mass is 10.2. The summed E-state index contributed by atoms with van der Waals surface area (Å²) >= 11 is 3.29. The first-order valence-corrected chi connectivity index (χ1v) is 11.4. The third-order valence-electron chi connectivity index (χ3n) is 3.92. The highest BCUT2D eigenvalue weighted by Crippen LogP contribution is 2.31. The highest BCUT2D eigenvalue weighted by molar-refractivity contribution is 9.10. The van der Waals surface area contributed by atoms with Crippen molar-refractivity contribution in [1.29, 1.82) is 0 Å². The van der Waals surface area contributed by atoms with Gasteiger partial charge in [-0.2, -0.15) is 0 Å². The number of halogens is 1. The van der Waals surface area contributed by atoms with Crippen molar-refractivity contribution < 1.29 is 16.8 Å². The summed E-state index contributed by atoms with van der Waals surface area (Å²) in [5.41, 5.74) is 0.475. The molecule has 1 aliphatic rings. The molecule has 0 bridgehead atoms. The van der Waals surface area contributed by atoms with Gasteiger partial charge in [0.2, 0.25) is 0 Å². The van der Waals surface area contributed by atoms with E-state index in [1.165, 1.54) is 16.4 Å². The molecule has 0 aliphatic carbocycles. The van der Waals surface area contributed by atoms with Crippen LogP contribution in [0.2, 0.25) is 0 Å². The normalized spacial score (nSPS) is 20.0. The summed E-state index contributed by atoms with van der Waals surface area (Å²) in [7, 11) is -7.07. The van der Waals surface area contributed by atoms with Gasteiger partial charge in [-0.15, -0.1) is 0 Å². The highest BCUT2D eigenvalue weighted by atomic mass is 79.9. The van der Waals surface area contributed by atoms with Gasteiger partial charge in [-0.3, -0.25) is 4.31 Å². The molecular formula is C16H16BrNO4S2. The Bertz CT molecular complexity index is 926. The fraction of sp³-hybridized carbons (Fsp3) is 0.250. The molecule has 5 nitrogen and oxygen atoms in total. The minimum Gasteiger partial charge on any atom is -0.262 e. The Morgan fingerprint density at radius 3 is 2.17 bits per heavy atom. The summed E-state index contributed by atoms with van der Waals surface area (Å²) < 4.78 is 52.1. The summed E-state index contributed by atoms with van der Waals surface area (Å²) in [6.07, 6.45) is 0.299. The molecule has 0 saturated carbocycles. The van der Waals surface area contributed by atoms with Crippen molar-refractivity contribution in [2.45, 2.75) is 17.4 Å². The van der Waals surface area contributed by atoms with Crippen LogP contribution in [0.1, 0.15) is 6.42 Å². The topological polar surface area (TPSA) is 71.5 Å². The zero-order valence-electron chi connectivity index (χ0n) is 12.7. The van der Waals surface area contributed by atoms with Gasteiger partial charge < -0.3 is 0 Å². The standard InChI is InChI=1S/C16H16BrNO4S2/c17-13-6-8-16(9-7-13)24(21,22)18(14-4-2-1-3-5-14)15-10-11-23(19,20)12-15/h1-9,15H,10-12H2/t15-/m1/s1. The minimum atomic E-state index is -3.86. The largest absolute Gasteiger partial charge is 0.264 e. The number of anilines is 1. The third-order valence-corrected chi connectivity index (χ3v) is 8.09. The SMILES string of the molecule is O=S1(=O)CC[C@@H](N(c2ccccc2)S(=O)(=O)c2ccc(Br)cc2)C1. The van der Waals surface area contributed by atoms with Gasteiger partial charge in [0.15, 0.2) is 9.84 Å². The predicted octanol–water partition coefficient (Wildman–Crippen LogP) is 2.83. The second-order valence-electron chi connectivity index (χ2n) is 5.65. The van der Waals surface area contributed by atoms with Crippen molar-refractivity contribution in [1.82, 2.24) is 0 Å². The van der Waals surface area contributed by atoms with Crippen LogP contribution in [0.3, 0.4) is 0 Å². The second kappa shape index (κ2) is 6.50. The summed E-state index contributed by atoms with van der Waals surface area (Å²) in [4.78, 5) is 0.138. The van der Waals surface area contributed by atoms with Crippen LogP contribution >= 0.6 is 15.9 Å². The lowest BCUT2D eigenvalue weighted by Crippen LogP contribution is -2.41. The molecule has 1 saturated heterocycles. The van der Waals surface area contributed by atoms with Crippen LogP contribution in [-0.4, -0.2) is 34.4 Å². The molecule has 3 rings (SSSR count). The molecule has 1 heterocycles. The molecule has 0 aromatic heterocycles. The van der Waals surface area contributed by atoms with Gasteiger partial charge in [-0.1, -0.05) is 34.1 Å². The van der Waals surface area contributed by atoms with Crippen molar-refractivity contribution in [3.05, 3.63) is 59.1 Å². The van der Waals surface area contributed by atoms with Crippen molar-refractivity contribution in [3.8, 4) is 0 Å². The van der Waals surface area contributed by atoms with Crippen LogP contribution in [0, 0.1) is 0 Å². The molecule has 2 aromatic rings. The molecule has 0 radical (unpaired) electrons. The van der Waals surface area contributed by atoms with Gasteiger partial charge in [-0.25, -0.2) is 16.8 Å². The van der Waals surface area contributed by atoms with E-state index in [1.54, 1.807) is 42.5 Å². The smallest absolute Gasteiger partial charge is 0.262 e. The van der Waals surface area contributed by atoms with Gasteiger partial charge in [-0.05, 0) is 42.8 Å². The summed E-state index contributed by atoms with van der Waals surface area (Å²) in [5.74, 6) is -0.144. The average molecular weight is 430 g/mol. The molecule has 8 heteroatoms. The molecule has 1 fully saturated rings. The number of para-hydroxylation sites is 1. The Morgan fingerprint density at radius 2 is 1.62 bits per heavy atom. The van der Waals surface area contributed by atoms with Gasteiger partial charge >= 0.3 is 0 Å². The Morgan fingerprint density at radius 1 is 1.00 bits per heavy atom. The van der Waals surface area contributed by atoms with E-state index in [9.17, 15) is 16.8 Å². The van der Waals surface area contributed by atoms with Crippen LogP contribution in [0.25, 0.3) is 0 Å². The lowest BCUT2D eigenvalue weighted by Gasteiger charge is -2.29. The molecule has 1 atom stereocenters. The molecule has 24 heavy (non-hydrogen) atoms. The number of nitrogens with zero attached hydrogens (tertiary/aromatic N) is 1. The summed E-state index contributed by atoms with van der Waals surface area (Å²) in [6, 6.07) is 14.4. The van der Waals surface area contributed by atoms with Crippen molar-refractivity contribution in [2.75, 3.05) is 15.8 Å². The maximum Gasteiger partial charge on any atom is 0.264 e. The maximum atomic E-state index is 13.2. The summed E-state index contributed by atoms with van der Waals surface area (Å²) in [5, 5.41) is 0. The summed E-state index contributed by atoms with van der Waals surface area (Å²) in [6.45, 7) is 0. The molecule has 0 N–H and O–H groups in total. The third kappa shape index (κ3) is 3.50. The van der Waals surface area contributed by atoms with Gasteiger partial charge in [0.05, 0.1) is 28.1 Å². The van der Waals surface area contributed by atoms with E-state index < -0.39 is 25.9 Å². The van der Waals surface area contributed by atoms with Crippen molar-refractivity contribution in [3.63, 3.8) is 0 Å². The van der Waals surface area contributed by atoms with Gasteiger partial charge in [0, 0.05) is 4.47 Å². The fourth-order valence-electron chi connectivity index (χ4n) is 2.80. The highest BCUT2D eigenvalue weighted by Gasteiger charge is 2.38. The molecule has 0 amide bonds. The number of hydrogen-bond acceptors (Lipinski definition) is 4. The Kier molecular flexibility index (Phi) is 4.72. The van der Waals surface area contributed by atoms with Crippen LogP contribution < -0.4 is 4.31 Å². The van der Waals surface area contributed by atoms with E-state index in [2.05, 4.69) is 15.9 Å². The number of sulfone groups is 1. The van der Waals surface area contributed by atoms with Crippen LogP contribution in [0.4, 0.5) is 5.69 Å². The Labute approximate surface area is 150 Å². The quantitative estimate of drug-likeness (QED) is 0.748. The first-order valence-electron chi connectivity index (χ1n) is 7.35. The minimum absolute atomic E-state index is 0.0108. The fourth-order valence-corrected chi connectivity index (χ4v) is 6.54. The predicted molar refractivity (Wildman–Crippen MR) is 97.3 cm³/mol. The van der Waals surface area contributed by atoms with E-state index in [0.717, 1.165) is 4.47 Å². The molecule has 1 aliphatic heterocycles. The molecule has 0 unspecified atom stereocenters. The number of rotatable bonds is 4. The number of benzene rings is 2. The molecule has 2 aromatic carbocycles. The molecule has 0 spiro atoms. The van der Waals surface area contributed by atoms with E-state index in [0.29, 0.717) is 12.1 Å². The second-order valence-corrected chi connectivity index (χ2v) is 10.6. The zero-order chi connectivity index (χ0) is 17.4. The monoisotopic (exact) mass is 429 g/mol. The maximum absolute atomic E-state index is 13.2. The van der Waals surface area contributed by atoms with E-state index in [4.69, 9.17) is 0 Å². The van der Waals surface area contributed by atoms with Crippen molar-refractivity contribution in [2.24, 2.45) is 0 Å². The van der Waals surface area contributed by atoms with E-state index in [-0.39, 0.29) is 16.4 Å². The first-order chi connectivity index (χ1) is 11.3. The van der Waals surface area contributed by atoms with Crippen molar-refractivity contribution >= 4 is 41.5 Å². The number of sulfonamides is 1. The average Bonchev–Trinajstić information content (AvgIpc) is 2.88. The Hall–Kier alpha value is -1.38. The number of hydrogen-bond donors (Lipinski definition) is 0. The zero-order valence-corrected chi connectivity index (χ0v) is 15.9. The van der Waals surface area contributed by atoms with Gasteiger partial charge in [0.1, 0.15) is 0 Å². The Balaban J connectivity index is 2.09. The lowest BCUT2D eigenvalue weighted by molar-refractivity contribution is 0.580. The van der Waals surface area contributed by atoms with E-state index >= 15 is 0 Å².